The minimum absolute atomic E-state index is 0.599. The van der Waals surface area contributed by atoms with Crippen LogP contribution in [0.15, 0.2) is 0 Å². The van der Waals surface area contributed by atoms with Gasteiger partial charge in [0.25, 0.3) is 0 Å². The second kappa shape index (κ2) is 21.6. The summed E-state index contributed by atoms with van der Waals surface area (Å²) >= 11 is 0. The summed E-state index contributed by atoms with van der Waals surface area (Å²) in [4.78, 5) is 0. The molecule has 29 heavy (non-hydrogen) atoms. The van der Waals surface area contributed by atoms with Gasteiger partial charge in [-0.3, -0.25) is 0 Å². The summed E-state index contributed by atoms with van der Waals surface area (Å²) in [6.07, 6.45) is 25.1. The van der Waals surface area contributed by atoms with E-state index in [-0.39, 0.29) is 0 Å². The van der Waals surface area contributed by atoms with Gasteiger partial charge in [0, 0.05) is 0 Å². The van der Waals surface area contributed by atoms with E-state index in [2.05, 4.69) is 25.1 Å². The molecule has 0 aromatic carbocycles. The summed E-state index contributed by atoms with van der Waals surface area (Å²) in [7, 11) is -1.63. The maximum atomic E-state index is 9.02. The normalized spacial score (nSPS) is 11.5. The van der Waals surface area contributed by atoms with Crippen molar-refractivity contribution in [1.29, 1.82) is 15.8 Å². The topological polar surface area (TPSA) is 71.4 Å². The Morgan fingerprint density at radius 1 is 0.448 bits per heavy atom. The molecule has 0 aliphatic rings. The van der Waals surface area contributed by atoms with Crippen molar-refractivity contribution in [2.24, 2.45) is 0 Å². The molecular weight excluding hydrogens is 373 g/mol. The molecule has 0 aromatic heterocycles. The first kappa shape index (κ1) is 27.9. The second-order valence-electron chi connectivity index (χ2n) is 8.82. The van der Waals surface area contributed by atoms with Crippen LogP contribution >= 0.6 is 7.26 Å². The zero-order valence-corrected chi connectivity index (χ0v) is 20.2. The molecule has 0 saturated heterocycles. The predicted octanol–water partition coefficient (Wildman–Crippen LogP) is 7.96. The van der Waals surface area contributed by atoms with E-state index in [1.807, 2.05) is 0 Å². The average Bonchev–Trinajstić information content (AvgIpc) is 2.74. The van der Waals surface area contributed by atoms with Crippen LogP contribution in [0.4, 0.5) is 0 Å². The van der Waals surface area contributed by atoms with Gasteiger partial charge in [0.05, 0.1) is 0 Å². The van der Waals surface area contributed by atoms with Crippen LogP contribution in [0.2, 0.25) is 0 Å². The first-order chi connectivity index (χ1) is 14.2. The van der Waals surface area contributed by atoms with Crippen LogP contribution in [0.1, 0.15) is 116 Å². The summed E-state index contributed by atoms with van der Waals surface area (Å²) in [5, 5.41) is 27.1. The monoisotopic (exact) mass is 419 g/mol. The molecule has 3 nitrogen and oxygen atoms in total. The molecule has 0 spiro atoms. The van der Waals surface area contributed by atoms with Gasteiger partial charge in [-0.15, -0.1) is 0 Å². The Morgan fingerprint density at radius 3 is 1.07 bits per heavy atom. The first-order valence-electron chi connectivity index (χ1n) is 12.4. The molecule has 0 bridgehead atoms. The number of hydrogen-bond donors (Lipinski definition) is 0. The Bertz CT molecular complexity index is 438. The number of hydrogen-bond acceptors (Lipinski definition) is 3. The number of rotatable bonds is 21. The van der Waals surface area contributed by atoms with E-state index >= 15 is 0 Å². The molecule has 0 atom stereocenters. The van der Waals surface area contributed by atoms with Gasteiger partial charge in [-0.2, -0.15) is 0 Å². The fourth-order valence-corrected chi connectivity index (χ4v) is 8.83. The summed E-state index contributed by atoms with van der Waals surface area (Å²) in [6, 6.07) is 6.89. The molecule has 0 N–H and O–H groups in total. The third-order valence-corrected chi connectivity index (χ3v) is 11.7. The molecule has 0 radical (unpaired) electrons. The van der Waals surface area contributed by atoms with Crippen molar-refractivity contribution < 1.29 is 0 Å². The van der Waals surface area contributed by atoms with Crippen molar-refractivity contribution in [2.45, 2.75) is 116 Å². The van der Waals surface area contributed by atoms with Crippen molar-refractivity contribution in [1.82, 2.24) is 0 Å². The molecule has 0 fully saturated rings. The predicted molar refractivity (Wildman–Crippen MR) is 129 cm³/mol. The van der Waals surface area contributed by atoms with Gasteiger partial charge in [-0.05, 0) is 0 Å². The SMILES string of the molecule is CCCCCCCCCCCCCCCC[PH](CCC#N)(CCC#N)CCC#N. The summed E-state index contributed by atoms with van der Waals surface area (Å²) < 4.78 is 0. The molecule has 4 heteroatoms. The Morgan fingerprint density at radius 2 is 0.759 bits per heavy atom. The number of unbranched alkanes of at least 4 members (excludes halogenated alkanes) is 13. The van der Waals surface area contributed by atoms with Gasteiger partial charge in [0.15, 0.2) is 0 Å². The van der Waals surface area contributed by atoms with Gasteiger partial charge in [0.1, 0.15) is 0 Å². The Kier molecular flexibility index (Phi) is 20.8. The zero-order chi connectivity index (χ0) is 21.5. The zero-order valence-electron chi connectivity index (χ0n) is 19.2. The van der Waals surface area contributed by atoms with Crippen LogP contribution < -0.4 is 0 Å². The molecule has 0 unspecified atom stereocenters. The van der Waals surface area contributed by atoms with Gasteiger partial charge in [-0.1, -0.05) is 26.2 Å². The summed E-state index contributed by atoms with van der Waals surface area (Å²) in [6.45, 7) is 2.27. The van der Waals surface area contributed by atoms with Crippen LogP contribution in [0.5, 0.6) is 0 Å². The fraction of sp³-hybridized carbons (Fsp3) is 0.880. The average molecular weight is 420 g/mol. The van der Waals surface area contributed by atoms with Crippen LogP contribution in [0.25, 0.3) is 0 Å². The van der Waals surface area contributed by atoms with Crippen molar-refractivity contribution in [2.75, 3.05) is 24.6 Å². The number of nitrogens with zero attached hydrogens (tertiary/aromatic N) is 3. The molecule has 0 rings (SSSR count). The Labute approximate surface area is 182 Å². The standard InChI is InChI=1S/C25H46N3P/c1-2-3-4-5-6-7-8-9-10-11-12-13-14-15-22-29(23-16-19-26,24-17-20-27)25-18-21-28/h29H,2-18,22-25H2,1H3. The van der Waals surface area contributed by atoms with Crippen molar-refractivity contribution in [3.05, 3.63) is 0 Å². The third kappa shape index (κ3) is 17.5. The van der Waals surface area contributed by atoms with Crippen LogP contribution in [0, 0.1) is 34.0 Å². The van der Waals surface area contributed by atoms with Crippen molar-refractivity contribution in [3.8, 4) is 18.2 Å². The molecule has 0 amide bonds. The Balaban J connectivity index is 3.84. The molecule has 0 aliphatic heterocycles. The first-order valence-corrected chi connectivity index (χ1v) is 15.2. The van der Waals surface area contributed by atoms with Crippen LogP contribution in [0.3, 0.4) is 0 Å². The van der Waals surface area contributed by atoms with E-state index in [9.17, 15) is 0 Å². The van der Waals surface area contributed by atoms with E-state index in [1.54, 1.807) is 0 Å². The van der Waals surface area contributed by atoms with Gasteiger partial charge < -0.3 is 0 Å². The molecule has 0 heterocycles. The van der Waals surface area contributed by atoms with Gasteiger partial charge in [0.2, 0.25) is 0 Å². The van der Waals surface area contributed by atoms with Gasteiger partial charge in [-0.25, -0.2) is 0 Å². The van der Waals surface area contributed by atoms with E-state index in [0.29, 0.717) is 19.3 Å². The second-order valence-corrected chi connectivity index (χ2v) is 13.8. The molecular formula is C25H46N3P. The van der Waals surface area contributed by atoms with Crippen molar-refractivity contribution >= 4 is 7.26 Å². The quantitative estimate of drug-likeness (QED) is 0.140. The molecule has 0 saturated carbocycles. The van der Waals surface area contributed by atoms with E-state index in [4.69, 9.17) is 15.8 Å². The molecule has 166 valence electrons. The van der Waals surface area contributed by atoms with Gasteiger partial charge >= 0.3 is 156 Å². The van der Waals surface area contributed by atoms with Crippen LogP contribution in [-0.4, -0.2) is 24.6 Å². The number of nitriles is 3. The van der Waals surface area contributed by atoms with E-state index < -0.39 is 7.26 Å². The molecule has 0 aliphatic carbocycles. The Hall–Kier alpha value is -1.10. The summed E-state index contributed by atoms with van der Waals surface area (Å²) in [5.41, 5.74) is 0. The van der Waals surface area contributed by atoms with E-state index in [1.165, 1.54) is 96.1 Å². The van der Waals surface area contributed by atoms with Crippen LogP contribution in [-0.2, 0) is 0 Å². The maximum absolute atomic E-state index is 9.02. The summed E-state index contributed by atoms with van der Waals surface area (Å²) in [5.74, 6) is 0. The minimum atomic E-state index is -1.63. The third-order valence-electron chi connectivity index (χ3n) is 6.36. The van der Waals surface area contributed by atoms with E-state index in [0.717, 1.165) is 18.5 Å². The molecule has 0 aromatic rings. The fourth-order valence-electron chi connectivity index (χ4n) is 4.41. The van der Waals surface area contributed by atoms with Crippen molar-refractivity contribution in [3.63, 3.8) is 0 Å².